The molecule has 0 atom stereocenters. The normalized spacial score (nSPS) is 14.3. The summed E-state index contributed by atoms with van der Waals surface area (Å²) in [6, 6.07) is 12.7. The van der Waals surface area contributed by atoms with Crippen molar-refractivity contribution in [3.05, 3.63) is 85.2 Å². The molecule has 0 aliphatic carbocycles. The Morgan fingerprint density at radius 3 is 2.59 bits per heavy atom. The number of carbonyl (C=O) groups excluding carboxylic acids is 1. The Morgan fingerprint density at radius 2 is 1.89 bits per heavy atom. The number of rotatable bonds is 4. The highest BCUT2D eigenvalue weighted by atomic mass is 35.5. The zero-order chi connectivity index (χ0) is 19.0. The molecule has 1 aromatic heterocycles. The molecular weight excluding hydrogens is 403 g/mol. The number of ether oxygens (including phenoxy) is 2. The van der Waals surface area contributed by atoms with Crippen molar-refractivity contribution in [2.75, 3.05) is 0 Å². The van der Waals surface area contributed by atoms with E-state index in [1.165, 1.54) is 0 Å². The summed E-state index contributed by atoms with van der Waals surface area (Å²) in [5.74, 6) is 1.35. The zero-order valence-electron chi connectivity index (χ0n) is 14.3. The van der Waals surface area contributed by atoms with E-state index in [0.29, 0.717) is 32.9 Å². The molecule has 0 saturated carbocycles. The van der Waals surface area contributed by atoms with Gasteiger partial charge in [-0.1, -0.05) is 35.3 Å². The number of Topliss-reactive ketones (excluding diaryl/α,β-unsaturated/α-hetero) is 1. The maximum atomic E-state index is 12.6. The van der Waals surface area contributed by atoms with E-state index in [4.69, 9.17) is 32.7 Å². The Morgan fingerprint density at radius 1 is 1.11 bits per heavy atom. The van der Waals surface area contributed by atoms with Crippen molar-refractivity contribution in [3.63, 3.8) is 0 Å². The highest BCUT2D eigenvalue weighted by molar-refractivity contribution is 7.10. The van der Waals surface area contributed by atoms with E-state index in [2.05, 4.69) is 0 Å². The number of thiophene rings is 1. The van der Waals surface area contributed by atoms with Gasteiger partial charge in [-0.3, -0.25) is 4.79 Å². The minimum absolute atomic E-state index is 0.123. The Hall–Kier alpha value is -2.27. The van der Waals surface area contributed by atoms with E-state index < -0.39 is 0 Å². The van der Waals surface area contributed by atoms with Gasteiger partial charge in [-0.05, 0) is 42.6 Å². The Kier molecular flexibility index (Phi) is 4.96. The fraction of sp³-hybridized carbons (Fsp3) is 0.0952. The molecule has 27 heavy (non-hydrogen) atoms. The summed E-state index contributed by atoms with van der Waals surface area (Å²) in [7, 11) is 0. The number of hydrogen-bond acceptors (Lipinski definition) is 4. The van der Waals surface area contributed by atoms with Crippen LogP contribution in [0.15, 0.2) is 53.6 Å². The monoisotopic (exact) mass is 416 g/mol. The van der Waals surface area contributed by atoms with Crippen LogP contribution < -0.4 is 9.47 Å². The van der Waals surface area contributed by atoms with E-state index in [1.54, 1.807) is 47.7 Å². The highest BCUT2D eigenvalue weighted by Crippen LogP contribution is 2.40. The molecule has 0 N–H and O–H groups in total. The number of fused-ring (bicyclic) bond motifs is 1. The van der Waals surface area contributed by atoms with Crippen LogP contribution in [0.2, 0.25) is 10.0 Å². The first-order valence-electron chi connectivity index (χ1n) is 8.21. The van der Waals surface area contributed by atoms with Gasteiger partial charge < -0.3 is 9.47 Å². The molecule has 3 aromatic rings. The molecule has 2 heterocycles. The fourth-order valence-electron chi connectivity index (χ4n) is 2.85. The first-order chi connectivity index (χ1) is 13.0. The average Bonchev–Trinajstić information content (AvgIpc) is 3.26. The molecule has 3 nitrogen and oxygen atoms in total. The van der Waals surface area contributed by atoms with Gasteiger partial charge in [0.05, 0.1) is 5.56 Å². The number of halogens is 2. The van der Waals surface area contributed by atoms with Crippen molar-refractivity contribution in [2.24, 2.45) is 0 Å². The van der Waals surface area contributed by atoms with Crippen LogP contribution in [-0.2, 0) is 6.61 Å². The maximum Gasteiger partial charge on any atom is 0.232 e. The first kappa shape index (κ1) is 18.1. The van der Waals surface area contributed by atoms with Crippen LogP contribution in [-0.4, -0.2) is 5.78 Å². The summed E-state index contributed by atoms with van der Waals surface area (Å²) in [5.41, 5.74) is 2.02. The number of hydrogen-bond donors (Lipinski definition) is 0. The van der Waals surface area contributed by atoms with Crippen molar-refractivity contribution >= 4 is 46.4 Å². The van der Waals surface area contributed by atoms with Gasteiger partial charge in [0, 0.05) is 32.1 Å². The second-order valence-electron chi connectivity index (χ2n) is 6.01. The van der Waals surface area contributed by atoms with Gasteiger partial charge >= 0.3 is 0 Å². The topological polar surface area (TPSA) is 35.5 Å². The summed E-state index contributed by atoms with van der Waals surface area (Å²) in [6.07, 6.45) is 1.76. The van der Waals surface area contributed by atoms with E-state index in [9.17, 15) is 4.79 Å². The second-order valence-corrected chi connectivity index (χ2v) is 7.80. The molecule has 136 valence electrons. The summed E-state index contributed by atoms with van der Waals surface area (Å²) in [5, 5.41) is 3.05. The number of carbonyl (C=O) groups is 1. The quantitative estimate of drug-likeness (QED) is 0.451. The smallest absolute Gasteiger partial charge is 0.232 e. The highest BCUT2D eigenvalue weighted by Gasteiger charge is 2.30. The van der Waals surface area contributed by atoms with Gasteiger partial charge in [0.1, 0.15) is 18.1 Å². The molecule has 0 radical (unpaired) electrons. The number of allylic oxidation sites excluding steroid dienone is 1. The fourth-order valence-corrected chi connectivity index (χ4v) is 4.00. The van der Waals surface area contributed by atoms with Crippen LogP contribution in [0.3, 0.4) is 0 Å². The van der Waals surface area contributed by atoms with Crippen molar-refractivity contribution in [3.8, 4) is 11.5 Å². The standard InChI is InChI=1S/C21H14Cl2O3S/c1-12-18(25-11-15-16(22)5-2-6-17(15)23)8-7-14-20(24)19(26-21(12)14)10-13-4-3-9-27-13/h2-10H,11H2,1H3/b19-10-. The lowest BCUT2D eigenvalue weighted by Gasteiger charge is -2.13. The summed E-state index contributed by atoms with van der Waals surface area (Å²) >= 11 is 13.9. The average molecular weight is 417 g/mol. The van der Waals surface area contributed by atoms with Crippen molar-refractivity contribution in [1.29, 1.82) is 0 Å². The SMILES string of the molecule is Cc1c(OCc2c(Cl)cccc2Cl)ccc2c1O/C(=C\c1cccs1)C2=O. The lowest BCUT2D eigenvalue weighted by molar-refractivity contribution is 0.101. The van der Waals surface area contributed by atoms with Crippen molar-refractivity contribution in [2.45, 2.75) is 13.5 Å². The zero-order valence-corrected chi connectivity index (χ0v) is 16.6. The minimum Gasteiger partial charge on any atom is -0.488 e. The molecule has 0 saturated heterocycles. The molecule has 1 aliphatic rings. The van der Waals surface area contributed by atoms with Crippen LogP contribution in [0.25, 0.3) is 6.08 Å². The van der Waals surface area contributed by atoms with Crippen LogP contribution >= 0.6 is 34.5 Å². The van der Waals surface area contributed by atoms with Crippen LogP contribution in [0, 0.1) is 6.92 Å². The molecule has 0 spiro atoms. The third-order valence-electron chi connectivity index (χ3n) is 4.29. The minimum atomic E-state index is -0.123. The van der Waals surface area contributed by atoms with Crippen molar-refractivity contribution in [1.82, 2.24) is 0 Å². The predicted molar refractivity (Wildman–Crippen MR) is 109 cm³/mol. The molecular formula is C21H14Cl2O3S. The molecule has 2 aromatic carbocycles. The molecule has 4 rings (SSSR count). The summed E-state index contributed by atoms with van der Waals surface area (Å²) in [4.78, 5) is 13.6. The molecule has 6 heteroatoms. The third-order valence-corrected chi connectivity index (χ3v) is 5.81. The van der Waals surface area contributed by atoms with E-state index in [1.807, 2.05) is 24.4 Å². The maximum absolute atomic E-state index is 12.6. The van der Waals surface area contributed by atoms with Gasteiger partial charge in [-0.2, -0.15) is 0 Å². The lowest BCUT2D eigenvalue weighted by atomic mass is 10.1. The number of ketones is 1. The van der Waals surface area contributed by atoms with Gasteiger partial charge in [0.25, 0.3) is 0 Å². The van der Waals surface area contributed by atoms with E-state index in [-0.39, 0.29) is 12.4 Å². The second kappa shape index (κ2) is 7.39. The van der Waals surface area contributed by atoms with Crippen molar-refractivity contribution < 1.29 is 14.3 Å². The van der Waals surface area contributed by atoms with Crippen LogP contribution in [0.5, 0.6) is 11.5 Å². The molecule has 0 unspecified atom stereocenters. The third kappa shape index (κ3) is 3.48. The van der Waals surface area contributed by atoms with Crippen LogP contribution in [0.1, 0.15) is 26.4 Å². The first-order valence-corrected chi connectivity index (χ1v) is 9.85. The van der Waals surface area contributed by atoms with Gasteiger partial charge in [0.2, 0.25) is 5.78 Å². The molecule has 0 bridgehead atoms. The Labute approximate surface area is 170 Å². The van der Waals surface area contributed by atoms with E-state index >= 15 is 0 Å². The van der Waals surface area contributed by atoms with Gasteiger partial charge in [0.15, 0.2) is 5.76 Å². The predicted octanol–water partition coefficient (Wildman–Crippen LogP) is 6.56. The van der Waals surface area contributed by atoms with Crippen LogP contribution in [0.4, 0.5) is 0 Å². The molecule has 0 amide bonds. The van der Waals surface area contributed by atoms with Gasteiger partial charge in [-0.25, -0.2) is 0 Å². The largest absolute Gasteiger partial charge is 0.488 e. The number of benzene rings is 2. The Bertz CT molecular complexity index is 1040. The molecule has 1 aliphatic heterocycles. The van der Waals surface area contributed by atoms with Gasteiger partial charge in [-0.15, -0.1) is 11.3 Å². The van der Waals surface area contributed by atoms with E-state index in [0.717, 1.165) is 16.0 Å². The Balaban J connectivity index is 1.60. The summed E-state index contributed by atoms with van der Waals surface area (Å²) < 4.78 is 11.8. The lowest BCUT2D eigenvalue weighted by Crippen LogP contribution is -2.00. The summed E-state index contributed by atoms with van der Waals surface area (Å²) in [6.45, 7) is 2.09. The molecule has 0 fully saturated rings.